The first-order valence-electron chi connectivity index (χ1n) is 6.87. The molecule has 0 amide bonds. The number of hydrogen-bond acceptors (Lipinski definition) is 5. The normalized spacial score (nSPS) is 20.4. The van der Waals surface area contributed by atoms with Gasteiger partial charge in [-0.2, -0.15) is 0 Å². The van der Waals surface area contributed by atoms with Crippen molar-refractivity contribution in [2.24, 2.45) is 11.3 Å². The van der Waals surface area contributed by atoms with E-state index in [2.05, 4.69) is 35.6 Å². The van der Waals surface area contributed by atoms with Gasteiger partial charge in [0.2, 0.25) is 5.95 Å². The maximum absolute atomic E-state index is 11.6. The van der Waals surface area contributed by atoms with E-state index in [1.165, 1.54) is 12.5 Å². The highest BCUT2D eigenvalue weighted by atomic mass is 32.2. The molecule has 0 bridgehead atoms. The highest BCUT2D eigenvalue weighted by Crippen LogP contribution is 2.34. The van der Waals surface area contributed by atoms with Crippen molar-refractivity contribution in [1.82, 2.24) is 9.97 Å². The number of hydrogen-bond donors (Lipinski definition) is 0. The Bertz CT molecular complexity index is 605. The first-order valence-corrected chi connectivity index (χ1v) is 8.77. The number of aromatic nitrogens is 2. The molecule has 5 nitrogen and oxygen atoms in total. The summed E-state index contributed by atoms with van der Waals surface area (Å²) in [4.78, 5) is 11.0. The first-order chi connectivity index (χ1) is 9.09. The molecule has 1 aromatic heterocycles. The molecule has 20 heavy (non-hydrogen) atoms. The van der Waals surface area contributed by atoms with E-state index in [0.29, 0.717) is 17.6 Å². The highest BCUT2D eigenvalue weighted by molar-refractivity contribution is 7.90. The van der Waals surface area contributed by atoms with Gasteiger partial charge in [-0.15, -0.1) is 0 Å². The lowest BCUT2D eigenvalue weighted by Crippen LogP contribution is -2.27. The van der Waals surface area contributed by atoms with Crippen LogP contribution in [0.4, 0.5) is 5.95 Å². The van der Waals surface area contributed by atoms with Gasteiger partial charge in [0.15, 0.2) is 9.84 Å². The zero-order valence-corrected chi connectivity index (χ0v) is 13.7. The lowest BCUT2D eigenvalue weighted by molar-refractivity contribution is 0.263. The van der Waals surface area contributed by atoms with Gasteiger partial charge >= 0.3 is 0 Å². The van der Waals surface area contributed by atoms with Crippen LogP contribution in [0.2, 0.25) is 0 Å². The maximum atomic E-state index is 11.6. The smallest absolute Gasteiger partial charge is 0.225 e. The van der Waals surface area contributed by atoms with Gasteiger partial charge in [-0.25, -0.2) is 18.4 Å². The molecule has 1 aromatic rings. The predicted molar refractivity (Wildman–Crippen MR) is 79.7 cm³/mol. The molecule has 1 aliphatic rings. The molecule has 0 radical (unpaired) electrons. The summed E-state index contributed by atoms with van der Waals surface area (Å²) in [6, 6.07) is 0. The monoisotopic (exact) mass is 297 g/mol. The second-order valence-corrected chi connectivity index (χ2v) is 8.67. The largest absolute Gasteiger partial charge is 0.341 e. The minimum Gasteiger partial charge on any atom is -0.341 e. The maximum Gasteiger partial charge on any atom is 0.225 e. The standard InChI is InChI=1S/C14H23N3O2S/c1-10-12(20(5,18)19)8-15-13(16-10)17-7-6-11(9-17)14(2,3)4/h8,11H,6-7,9H2,1-5H3. The molecule has 2 rings (SSSR count). The van der Waals surface area contributed by atoms with Gasteiger partial charge in [-0.1, -0.05) is 20.8 Å². The quantitative estimate of drug-likeness (QED) is 0.836. The third-order valence-electron chi connectivity index (χ3n) is 4.02. The average Bonchev–Trinajstić information content (AvgIpc) is 2.75. The van der Waals surface area contributed by atoms with E-state index in [1.54, 1.807) is 6.92 Å². The number of rotatable bonds is 2. The van der Waals surface area contributed by atoms with Crippen molar-refractivity contribution in [3.8, 4) is 0 Å². The second-order valence-electron chi connectivity index (χ2n) is 6.69. The summed E-state index contributed by atoms with van der Waals surface area (Å²) in [7, 11) is -3.25. The molecule has 1 fully saturated rings. The Kier molecular flexibility index (Phi) is 3.79. The summed E-state index contributed by atoms with van der Waals surface area (Å²) in [5.41, 5.74) is 0.799. The molecule has 0 aliphatic carbocycles. The summed E-state index contributed by atoms with van der Waals surface area (Å²) in [5.74, 6) is 1.25. The number of nitrogens with zero attached hydrogens (tertiary/aromatic N) is 3. The Balaban J connectivity index is 2.22. The van der Waals surface area contributed by atoms with E-state index < -0.39 is 9.84 Å². The molecule has 1 aliphatic heterocycles. The Hall–Kier alpha value is -1.17. The van der Waals surface area contributed by atoms with Crippen LogP contribution < -0.4 is 4.90 Å². The van der Waals surface area contributed by atoms with Gasteiger partial charge < -0.3 is 4.90 Å². The van der Waals surface area contributed by atoms with Crippen molar-refractivity contribution in [1.29, 1.82) is 0 Å². The molecule has 1 unspecified atom stereocenters. The topological polar surface area (TPSA) is 63.2 Å². The molecule has 1 saturated heterocycles. The minimum atomic E-state index is -3.25. The van der Waals surface area contributed by atoms with Gasteiger partial charge in [0, 0.05) is 19.3 Å². The minimum absolute atomic E-state index is 0.216. The van der Waals surface area contributed by atoms with Crippen molar-refractivity contribution in [2.75, 3.05) is 24.2 Å². The van der Waals surface area contributed by atoms with Crippen LogP contribution >= 0.6 is 0 Å². The van der Waals surface area contributed by atoms with Crippen molar-refractivity contribution in [3.05, 3.63) is 11.9 Å². The van der Waals surface area contributed by atoms with Crippen molar-refractivity contribution in [2.45, 2.75) is 39.0 Å². The molecular formula is C14H23N3O2S. The zero-order chi connectivity index (χ0) is 15.1. The lowest BCUT2D eigenvalue weighted by Gasteiger charge is -2.27. The third kappa shape index (κ3) is 3.11. The summed E-state index contributed by atoms with van der Waals surface area (Å²) < 4.78 is 23.2. The summed E-state index contributed by atoms with van der Waals surface area (Å²) >= 11 is 0. The fourth-order valence-corrected chi connectivity index (χ4v) is 3.44. The summed E-state index contributed by atoms with van der Waals surface area (Å²) in [5, 5.41) is 0. The van der Waals surface area contributed by atoms with Crippen LogP contribution in [0.1, 0.15) is 32.9 Å². The van der Waals surface area contributed by atoms with Gasteiger partial charge in [-0.3, -0.25) is 0 Å². The molecular weight excluding hydrogens is 274 g/mol. The predicted octanol–water partition coefficient (Wildman–Crippen LogP) is 2.06. The fraction of sp³-hybridized carbons (Fsp3) is 0.714. The Morgan fingerprint density at radius 3 is 2.45 bits per heavy atom. The molecule has 6 heteroatoms. The van der Waals surface area contributed by atoms with Crippen LogP contribution in [-0.2, 0) is 9.84 Å². The molecule has 2 heterocycles. The summed E-state index contributed by atoms with van der Waals surface area (Å²) in [6.07, 6.45) is 3.74. The van der Waals surface area contributed by atoms with E-state index in [4.69, 9.17) is 0 Å². The van der Waals surface area contributed by atoms with E-state index >= 15 is 0 Å². The number of aryl methyl sites for hydroxylation is 1. The molecule has 112 valence electrons. The SMILES string of the molecule is Cc1nc(N2CCC(C(C)(C)C)C2)ncc1S(C)(=O)=O. The highest BCUT2D eigenvalue weighted by Gasteiger charge is 2.33. The molecule has 0 saturated carbocycles. The third-order valence-corrected chi connectivity index (χ3v) is 5.22. The van der Waals surface area contributed by atoms with Gasteiger partial charge in [0.1, 0.15) is 4.90 Å². The van der Waals surface area contributed by atoms with Gasteiger partial charge in [0.25, 0.3) is 0 Å². The van der Waals surface area contributed by atoms with Crippen molar-refractivity contribution in [3.63, 3.8) is 0 Å². The second kappa shape index (κ2) is 4.98. The first kappa shape index (κ1) is 15.2. The van der Waals surface area contributed by atoms with Crippen LogP contribution in [0, 0.1) is 18.3 Å². The number of anilines is 1. The number of sulfone groups is 1. The Morgan fingerprint density at radius 2 is 2.00 bits per heavy atom. The van der Waals surface area contributed by atoms with Crippen LogP contribution in [0.3, 0.4) is 0 Å². The fourth-order valence-electron chi connectivity index (χ4n) is 2.61. The molecule has 0 aromatic carbocycles. The van der Waals surface area contributed by atoms with Crippen molar-refractivity contribution >= 4 is 15.8 Å². The van der Waals surface area contributed by atoms with Gasteiger partial charge in [0.05, 0.1) is 11.9 Å². The van der Waals surface area contributed by atoms with Crippen LogP contribution in [0.5, 0.6) is 0 Å². The van der Waals surface area contributed by atoms with Gasteiger partial charge in [-0.05, 0) is 24.7 Å². The van der Waals surface area contributed by atoms with E-state index in [-0.39, 0.29) is 10.3 Å². The van der Waals surface area contributed by atoms with Crippen LogP contribution in [0.25, 0.3) is 0 Å². The molecule has 0 N–H and O–H groups in total. The lowest BCUT2D eigenvalue weighted by atomic mass is 9.80. The van der Waals surface area contributed by atoms with Crippen LogP contribution in [-0.4, -0.2) is 37.7 Å². The van der Waals surface area contributed by atoms with Crippen LogP contribution in [0.15, 0.2) is 11.1 Å². The van der Waals surface area contributed by atoms with E-state index in [0.717, 1.165) is 19.5 Å². The summed E-state index contributed by atoms with van der Waals surface area (Å²) in [6.45, 7) is 10.3. The molecule has 1 atom stereocenters. The Morgan fingerprint density at radius 1 is 1.35 bits per heavy atom. The van der Waals surface area contributed by atoms with E-state index in [1.807, 2.05) is 0 Å². The molecule has 0 spiro atoms. The van der Waals surface area contributed by atoms with Crippen molar-refractivity contribution < 1.29 is 8.42 Å². The zero-order valence-electron chi connectivity index (χ0n) is 12.8. The average molecular weight is 297 g/mol. The van der Waals surface area contributed by atoms with E-state index in [9.17, 15) is 8.42 Å². The Labute approximate surface area is 121 Å².